The predicted octanol–water partition coefficient (Wildman–Crippen LogP) is 6.06. The summed E-state index contributed by atoms with van der Waals surface area (Å²) in [6.45, 7) is 1.60. The Labute approximate surface area is 235 Å². The van der Waals surface area contributed by atoms with Crippen LogP contribution in [0.3, 0.4) is 0 Å². The molecule has 39 heavy (non-hydrogen) atoms. The summed E-state index contributed by atoms with van der Waals surface area (Å²) in [6, 6.07) is 17.3. The van der Waals surface area contributed by atoms with Crippen LogP contribution in [-0.4, -0.2) is 42.2 Å². The maximum Gasteiger partial charge on any atom is 0.344 e. The van der Waals surface area contributed by atoms with Crippen molar-refractivity contribution in [3.05, 3.63) is 86.1 Å². The maximum absolute atomic E-state index is 13.6. The number of fused-ring (bicyclic) bond motifs is 2. The summed E-state index contributed by atoms with van der Waals surface area (Å²) in [5.74, 6) is 0.594. The lowest BCUT2D eigenvalue weighted by Gasteiger charge is -2.14. The van der Waals surface area contributed by atoms with E-state index < -0.39 is 11.5 Å². The van der Waals surface area contributed by atoms with Gasteiger partial charge in [0.15, 0.2) is 23.9 Å². The molecule has 0 bridgehead atoms. The van der Waals surface area contributed by atoms with Crippen LogP contribution in [0.2, 0.25) is 5.02 Å². The fraction of sp³-hybridized carbons (Fsp3) is 0.143. The topological polar surface area (TPSA) is 105 Å². The third kappa shape index (κ3) is 5.52. The number of carbonyl (C=O) groups is 1. The van der Waals surface area contributed by atoms with Crippen molar-refractivity contribution in [2.45, 2.75) is 6.92 Å². The Morgan fingerprint density at radius 1 is 1.18 bits per heavy atom. The van der Waals surface area contributed by atoms with Gasteiger partial charge in [0.25, 0.3) is 5.56 Å². The number of carbonyl (C=O) groups excluding carboxylic acids is 1. The summed E-state index contributed by atoms with van der Waals surface area (Å²) in [5.41, 5.74) is 1.11. The molecule has 0 aliphatic rings. The highest BCUT2D eigenvalue weighted by atomic mass is 79.9. The number of benzene rings is 3. The summed E-state index contributed by atoms with van der Waals surface area (Å²) in [5, 5.41) is 6.17. The highest BCUT2D eigenvalue weighted by Crippen LogP contribution is 2.34. The number of ether oxygens (including phenoxy) is 3. The smallest absolute Gasteiger partial charge is 0.344 e. The van der Waals surface area contributed by atoms with Gasteiger partial charge in [-0.1, -0.05) is 39.7 Å². The fourth-order valence-electron chi connectivity index (χ4n) is 3.96. The standard InChI is InChI=1S/C28H21BrClN3O6/c1-3-37-25(34)15-38-26-17(10-18(29)13-23(26)36-2)14-31-33-27(32-21-7-5-4-6-20(21)28(33)35)24-12-16-11-19(30)8-9-22(16)39-24/h4-14H,3,15H2,1-2H3. The molecule has 11 heteroatoms. The SMILES string of the molecule is CCOC(=O)COc1c(C=Nn2c(-c3cc4cc(Cl)ccc4o3)nc3ccccc3c2=O)cc(Br)cc1OC. The van der Waals surface area contributed by atoms with E-state index in [0.29, 0.717) is 43.1 Å². The van der Waals surface area contributed by atoms with Gasteiger partial charge in [0, 0.05) is 20.4 Å². The van der Waals surface area contributed by atoms with Gasteiger partial charge < -0.3 is 18.6 Å². The molecule has 198 valence electrons. The number of halogens is 2. The summed E-state index contributed by atoms with van der Waals surface area (Å²) in [4.78, 5) is 30.2. The van der Waals surface area contributed by atoms with Gasteiger partial charge in [-0.25, -0.2) is 9.78 Å². The second-order valence-electron chi connectivity index (χ2n) is 8.23. The minimum atomic E-state index is -0.535. The minimum absolute atomic E-state index is 0.193. The highest BCUT2D eigenvalue weighted by molar-refractivity contribution is 9.10. The highest BCUT2D eigenvalue weighted by Gasteiger charge is 2.18. The van der Waals surface area contributed by atoms with Gasteiger partial charge in [-0.3, -0.25) is 4.79 Å². The molecule has 2 aromatic heterocycles. The van der Waals surface area contributed by atoms with Gasteiger partial charge >= 0.3 is 5.97 Å². The molecule has 0 aliphatic heterocycles. The number of hydrogen-bond acceptors (Lipinski definition) is 8. The van der Waals surface area contributed by atoms with Crippen molar-refractivity contribution in [2.24, 2.45) is 5.10 Å². The monoisotopic (exact) mass is 609 g/mol. The average molecular weight is 611 g/mol. The van der Waals surface area contributed by atoms with Crippen LogP contribution >= 0.6 is 27.5 Å². The zero-order valence-electron chi connectivity index (χ0n) is 20.8. The molecule has 0 amide bonds. The van der Waals surface area contributed by atoms with Crippen molar-refractivity contribution >= 4 is 61.6 Å². The van der Waals surface area contributed by atoms with E-state index in [2.05, 4.69) is 26.0 Å². The van der Waals surface area contributed by atoms with Crippen LogP contribution in [0.1, 0.15) is 12.5 Å². The number of methoxy groups -OCH3 is 1. The Hall–Kier alpha value is -4.15. The molecule has 0 spiro atoms. The van der Waals surface area contributed by atoms with Crippen molar-refractivity contribution in [3.8, 4) is 23.1 Å². The van der Waals surface area contributed by atoms with Crippen LogP contribution in [0.25, 0.3) is 33.5 Å². The van der Waals surface area contributed by atoms with E-state index in [0.717, 1.165) is 10.1 Å². The van der Waals surface area contributed by atoms with Gasteiger partial charge in [0.05, 0.1) is 30.8 Å². The zero-order valence-corrected chi connectivity index (χ0v) is 23.2. The lowest BCUT2D eigenvalue weighted by atomic mass is 10.2. The first-order valence-electron chi connectivity index (χ1n) is 11.8. The van der Waals surface area contributed by atoms with E-state index in [1.807, 2.05) is 0 Å². The molecule has 3 aromatic carbocycles. The summed E-state index contributed by atoms with van der Waals surface area (Å²) < 4.78 is 24.0. The molecule has 0 atom stereocenters. The van der Waals surface area contributed by atoms with Gasteiger partial charge in [-0.05, 0) is 55.5 Å². The van der Waals surface area contributed by atoms with Crippen molar-refractivity contribution in [2.75, 3.05) is 20.3 Å². The summed E-state index contributed by atoms with van der Waals surface area (Å²) >= 11 is 9.60. The molecule has 0 saturated heterocycles. The number of rotatable bonds is 8. The average Bonchev–Trinajstić information content (AvgIpc) is 3.34. The lowest BCUT2D eigenvalue weighted by molar-refractivity contribution is -0.145. The maximum atomic E-state index is 13.6. The summed E-state index contributed by atoms with van der Waals surface area (Å²) in [6.07, 6.45) is 1.43. The third-order valence-electron chi connectivity index (χ3n) is 5.67. The van der Waals surface area contributed by atoms with Crippen LogP contribution in [-0.2, 0) is 9.53 Å². The number of esters is 1. The van der Waals surface area contributed by atoms with E-state index in [4.69, 9.17) is 30.2 Å². The molecule has 0 fully saturated rings. The van der Waals surface area contributed by atoms with Crippen molar-refractivity contribution in [1.29, 1.82) is 0 Å². The van der Waals surface area contributed by atoms with E-state index in [1.54, 1.807) is 67.6 Å². The van der Waals surface area contributed by atoms with Gasteiger partial charge in [-0.2, -0.15) is 9.78 Å². The zero-order chi connectivity index (χ0) is 27.5. The molecule has 0 saturated carbocycles. The van der Waals surface area contributed by atoms with Crippen LogP contribution < -0.4 is 15.0 Å². The number of hydrogen-bond donors (Lipinski definition) is 0. The van der Waals surface area contributed by atoms with Crippen molar-refractivity contribution in [3.63, 3.8) is 0 Å². The first-order chi connectivity index (χ1) is 18.9. The second-order valence-corrected chi connectivity index (χ2v) is 9.58. The first kappa shape index (κ1) is 26.5. The predicted molar refractivity (Wildman–Crippen MR) is 152 cm³/mol. The van der Waals surface area contributed by atoms with Crippen molar-refractivity contribution in [1.82, 2.24) is 9.66 Å². The minimum Gasteiger partial charge on any atom is -0.493 e. The number of para-hydroxylation sites is 1. The van der Waals surface area contributed by atoms with Gasteiger partial charge in [-0.15, -0.1) is 0 Å². The van der Waals surface area contributed by atoms with Crippen LogP contribution in [0.15, 0.2) is 79.4 Å². The molecule has 0 N–H and O–H groups in total. The molecule has 5 aromatic rings. The number of furan rings is 1. The Morgan fingerprint density at radius 3 is 2.79 bits per heavy atom. The normalized spacial score (nSPS) is 11.4. The van der Waals surface area contributed by atoms with E-state index in [-0.39, 0.29) is 24.8 Å². The Bertz CT molecular complexity index is 1800. The second kappa shape index (κ2) is 11.3. The largest absolute Gasteiger partial charge is 0.493 e. The van der Waals surface area contributed by atoms with E-state index >= 15 is 0 Å². The molecular formula is C28H21BrClN3O6. The Kier molecular flexibility index (Phi) is 7.67. The Morgan fingerprint density at radius 2 is 2.00 bits per heavy atom. The molecule has 9 nitrogen and oxygen atoms in total. The molecule has 0 aliphatic carbocycles. The Balaban J connectivity index is 1.65. The molecule has 0 unspecified atom stereocenters. The van der Waals surface area contributed by atoms with Crippen LogP contribution in [0.5, 0.6) is 11.5 Å². The first-order valence-corrected chi connectivity index (χ1v) is 13.0. The molecular weight excluding hydrogens is 590 g/mol. The van der Waals surface area contributed by atoms with Crippen molar-refractivity contribution < 1.29 is 23.4 Å². The van der Waals surface area contributed by atoms with Crippen LogP contribution in [0.4, 0.5) is 0 Å². The molecule has 2 heterocycles. The lowest BCUT2D eigenvalue weighted by Crippen LogP contribution is -2.20. The van der Waals surface area contributed by atoms with Gasteiger partial charge in [0.1, 0.15) is 5.58 Å². The number of nitrogens with zero attached hydrogens (tertiary/aromatic N) is 3. The molecule has 0 radical (unpaired) electrons. The van der Waals surface area contributed by atoms with Crippen LogP contribution in [0, 0.1) is 0 Å². The summed E-state index contributed by atoms with van der Waals surface area (Å²) in [7, 11) is 1.48. The fourth-order valence-corrected chi connectivity index (χ4v) is 4.59. The molecule has 5 rings (SSSR count). The third-order valence-corrected chi connectivity index (χ3v) is 6.37. The number of aromatic nitrogens is 2. The quantitative estimate of drug-likeness (QED) is 0.155. The van der Waals surface area contributed by atoms with E-state index in [1.165, 1.54) is 13.3 Å². The van der Waals surface area contributed by atoms with Gasteiger partial charge in [0.2, 0.25) is 5.82 Å². The van der Waals surface area contributed by atoms with E-state index in [9.17, 15) is 9.59 Å².